The van der Waals surface area contributed by atoms with Crippen molar-refractivity contribution in [3.8, 4) is 12.3 Å². The Kier molecular flexibility index (Phi) is 7.03. The summed E-state index contributed by atoms with van der Waals surface area (Å²) in [6, 6.07) is 11.2. The molecule has 0 N–H and O–H groups in total. The molecule has 10 heteroatoms. The van der Waals surface area contributed by atoms with Crippen molar-refractivity contribution in [3.05, 3.63) is 52.8 Å². The second-order valence-corrected chi connectivity index (χ2v) is 12.5. The molecule has 3 rings (SSSR count). The van der Waals surface area contributed by atoms with E-state index in [1.54, 1.807) is 34.9 Å². The van der Waals surface area contributed by atoms with Crippen LogP contribution in [0.1, 0.15) is 18.4 Å². The van der Waals surface area contributed by atoms with E-state index in [1.165, 1.54) is 12.1 Å². The summed E-state index contributed by atoms with van der Waals surface area (Å²) in [5.41, 5.74) is 1.64. The maximum absolute atomic E-state index is 12.4. The lowest BCUT2D eigenvalue weighted by Gasteiger charge is -2.04. The number of hydrogen-bond acceptors (Lipinski definition) is 6. The van der Waals surface area contributed by atoms with Gasteiger partial charge < -0.3 is 4.57 Å². The van der Waals surface area contributed by atoms with E-state index in [1.807, 2.05) is 6.92 Å². The topological polar surface area (TPSA) is 103 Å². The van der Waals surface area contributed by atoms with Crippen LogP contribution in [-0.2, 0) is 31.0 Å². The summed E-state index contributed by atoms with van der Waals surface area (Å²) in [6.07, 6.45) is 6.67. The van der Waals surface area contributed by atoms with Gasteiger partial charge in [-0.2, -0.15) is 4.99 Å². The maximum atomic E-state index is 12.4. The minimum absolute atomic E-state index is 0.0377. The Hall–Kier alpha value is -2.74. The van der Waals surface area contributed by atoms with Gasteiger partial charge in [-0.05, 0) is 43.7 Å². The molecule has 1 aromatic heterocycles. The largest absolute Gasteiger partial charge is 0.305 e. The first-order valence-corrected chi connectivity index (χ1v) is 14.0. The van der Waals surface area contributed by atoms with Gasteiger partial charge in [0, 0.05) is 12.7 Å². The van der Waals surface area contributed by atoms with Gasteiger partial charge in [-0.3, -0.25) is 4.79 Å². The molecule has 0 fully saturated rings. The molecule has 2 aromatic carbocycles. The summed E-state index contributed by atoms with van der Waals surface area (Å²) in [7, 11) is -6.86. The summed E-state index contributed by atoms with van der Waals surface area (Å²) < 4.78 is 50.8. The Balaban J connectivity index is 1.81. The van der Waals surface area contributed by atoms with E-state index in [4.69, 9.17) is 6.42 Å². The number of aryl methyl sites for hydroxylation is 1. The Morgan fingerprint density at radius 2 is 1.75 bits per heavy atom. The van der Waals surface area contributed by atoms with Crippen molar-refractivity contribution in [3.63, 3.8) is 0 Å². The number of fused-ring (bicyclic) bond motifs is 1. The van der Waals surface area contributed by atoms with Crippen molar-refractivity contribution in [2.75, 3.05) is 12.0 Å². The zero-order valence-electron chi connectivity index (χ0n) is 17.6. The van der Waals surface area contributed by atoms with E-state index in [0.717, 1.165) is 23.2 Å². The second kappa shape index (κ2) is 9.40. The maximum Gasteiger partial charge on any atom is 0.248 e. The molecule has 7 nitrogen and oxygen atoms in total. The fraction of sp³-hybridized carbons (Fsp3) is 0.273. The lowest BCUT2D eigenvalue weighted by molar-refractivity contribution is -0.118. The van der Waals surface area contributed by atoms with Crippen LogP contribution in [-0.4, -0.2) is 39.3 Å². The average molecular weight is 491 g/mol. The number of benzene rings is 2. The third-order valence-electron chi connectivity index (χ3n) is 4.74. The number of nitrogens with zero attached hydrogens (tertiary/aromatic N) is 2. The van der Waals surface area contributed by atoms with Gasteiger partial charge in [-0.15, -0.1) is 6.42 Å². The first-order chi connectivity index (χ1) is 15.0. The molecule has 0 spiro atoms. The van der Waals surface area contributed by atoms with Crippen LogP contribution in [0.4, 0.5) is 0 Å². The number of thiazole rings is 1. The van der Waals surface area contributed by atoms with Crippen molar-refractivity contribution >= 4 is 47.1 Å². The first kappa shape index (κ1) is 23.9. The molecular formula is C22H22N2O5S3. The lowest BCUT2D eigenvalue weighted by atomic mass is 10.2. The Labute approximate surface area is 191 Å². The molecule has 0 unspecified atom stereocenters. The van der Waals surface area contributed by atoms with Gasteiger partial charge in [0.15, 0.2) is 24.5 Å². The molecule has 0 radical (unpaired) electrons. The molecule has 0 atom stereocenters. The van der Waals surface area contributed by atoms with Gasteiger partial charge >= 0.3 is 0 Å². The van der Waals surface area contributed by atoms with Gasteiger partial charge in [0.05, 0.1) is 32.3 Å². The summed E-state index contributed by atoms with van der Waals surface area (Å²) >= 11 is 1.16. The third kappa shape index (κ3) is 5.54. The highest BCUT2D eigenvalue weighted by atomic mass is 32.2. The van der Waals surface area contributed by atoms with Crippen molar-refractivity contribution in [1.29, 1.82) is 0 Å². The van der Waals surface area contributed by atoms with Gasteiger partial charge in [-0.25, -0.2) is 16.8 Å². The predicted molar refractivity (Wildman–Crippen MR) is 125 cm³/mol. The molecule has 32 heavy (non-hydrogen) atoms. The molecule has 0 aliphatic heterocycles. The van der Waals surface area contributed by atoms with Crippen LogP contribution in [0.5, 0.6) is 0 Å². The average Bonchev–Trinajstić information content (AvgIpc) is 3.04. The smallest absolute Gasteiger partial charge is 0.248 e. The summed E-state index contributed by atoms with van der Waals surface area (Å²) in [6.45, 7) is 2.03. The SMILES string of the molecule is C#CCn1c(=NC(=O)CCCS(=O)(=O)c2ccc(C)cc2)sc2cc(S(C)(=O)=O)ccc21. The van der Waals surface area contributed by atoms with E-state index in [0.29, 0.717) is 15.0 Å². The lowest BCUT2D eigenvalue weighted by Crippen LogP contribution is -2.17. The fourth-order valence-corrected chi connectivity index (χ4v) is 6.17. The summed E-state index contributed by atoms with van der Waals surface area (Å²) in [5, 5.41) is 0. The van der Waals surface area contributed by atoms with Crippen molar-refractivity contribution in [1.82, 2.24) is 4.57 Å². The number of rotatable bonds is 7. The number of amides is 1. The van der Waals surface area contributed by atoms with Gasteiger partial charge in [0.25, 0.3) is 0 Å². The third-order valence-corrected chi connectivity index (χ3v) is 8.70. The first-order valence-electron chi connectivity index (χ1n) is 9.65. The van der Waals surface area contributed by atoms with Crippen LogP contribution < -0.4 is 4.80 Å². The van der Waals surface area contributed by atoms with Crippen LogP contribution in [0.3, 0.4) is 0 Å². The van der Waals surface area contributed by atoms with Crippen LogP contribution in [0.25, 0.3) is 10.2 Å². The van der Waals surface area contributed by atoms with Crippen molar-refractivity contribution in [2.45, 2.75) is 36.1 Å². The van der Waals surface area contributed by atoms with E-state index < -0.39 is 25.6 Å². The molecule has 0 saturated heterocycles. The zero-order chi connectivity index (χ0) is 23.5. The molecule has 0 saturated carbocycles. The van der Waals surface area contributed by atoms with Gasteiger partial charge in [0.2, 0.25) is 5.91 Å². The van der Waals surface area contributed by atoms with Gasteiger partial charge in [-0.1, -0.05) is 35.0 Å². The van der Waals surface area contributed by atoms with Crippen molar-refractivity contribution < 1.29 is 21.6 Å². The van der Waals surface area contributed by atoms with E-state index in [-0.39, 0.29) is 34.9 Å². The summed E-state index contributed by atoms with van der Waals surface area (Å²) in [4.78, 5) is 17.3. The standard InChI is InChI=1S/C22H22N2O5S3/c1-4-13-24-19-12-11-18(31(3,26)27)15-20(19)30-22(24)23-21(25)6-5-14-32(28,29)17-9-7-16(2)8-10-17/h1,7-12,15H,5-6,13-14H2,2-3H3. The van der Waals surface area contributed by atoms with E-state index in [2.05, 4.69) is 10.9 Å². The summed E-state index contributed by atoms with van der Waals surface area (Å²) in [5.74, 6) is 1.88. The zero-order valence-corrected chi connectivity index (χ0v) is 20.1. The molecule has 1 amide bonds. The molecular weight excluding hydrogens is 468 g/mol. The minimum atomic E-state index is -3.48. The van der Waals surface area contributed by atoms with Crippen LogP contribution >= 0.6 is 11.3 Å². The Morgan fingerprint density at radius 1 is 1.09 bits per heavy atom. The van der Waals surface area contributed by atoms with E-state index >= 15 is 0 Å². The normalized spacial score (nSPS) is 12.7. The number of sulfone groups is 2. The molecule has 168 valence electrons. The molecule has 1 heterocycles. The highest BCUT2D eigenvalue weighted by Crippen LogP contribution is 2.22. The van der Waals surface area contributed by atoms with Crippen LogP contribution in [0, 0.1) is 19.3 Å². The number of aromatic nitrogens is 1. The Morgan fingerprint density at radius 3 is 2.38 bits per heavy atom. The van der Waals surface area contributed by atoms with Crippen LogP contribution in [0.15, 0.2) is 57.2 Å². The number of carbonyl (C=O) groups excluding carboxylic acids is 1. The molecule has 0 bridgehead atoms. The van der Waals surface area contributed by atoms with Crippen LogP contribution in [0.2, 0.25) is 0 Å². The van der Waals surface area contributed by atoms with Gasteiger partial charge in [0.1, 0.15) is 0 Å². The number of hydrogen-bond donors (Lipinski definition) is 0. The highest BCUT2D eigenvalue weighted by Gasteiger charge is 2.16. The monoisotopic (exact) mass is 490 g/mol. The minimum Gasteiger partial charge on any atom is -0.305 e. The predicted octanol–water partition coefficient (Wildman–Crippen LogP) is 2.73. The fourth-order valence-electron chi connectivity index (χ4n) is 3.05. The van der Waals surface area contributed by atoms with Crippen molar-refractivity contribution in [2.24, 2.45) is 4.99 Å². The van der Waals surface area contributed by atoms with E-state index in [9.17, 15) is 21.6 Å². The Bertz CT molecular complexity index is 1490. The number of terminal acetylenes is 1. The second-order valence-electron chi connectivity index (χ2n) is 7.32. The molecule has 3 aromatic rings. The number of carbonyl (C=O) groups is 1. The quantitative estimate of drug-likeness (QED) is 0.474. The molecule has 0 aliphatic carbocycles. The highest BCUT2D eigenvalue weighted by molar-refractivity contribution is 7.91. The molecule has 0 aliphatic rings.